The molecule has 0 aliphatic heterocycles. The van der Waals surface area contributed by atoms with Crippen molar-refractivity contribution in [3.63, 3.8) is 0 Å². The zero-order chi connectivity index (χ0) is 12.2. The van der Waals surface area contributed by atoms with E-state index in [2.05, 4.69) is 5.43 Å². The molecule has 1 aromatic carbocycles. The van der Waals surface area contributed by atoms with Crippen molar-refractivity contribution >= 4 is 6.09 Å². The molecule has 0 unspecified atom stereocenters. The van der Waals surface area contributed by atoms with E-state index in [1.165, 1.54) is 0 Å². The number of hydrazine groups is 1. The lowest BCUT2D eigenvalue weighted by atomic mass is 10.1. The van der Waals surface area contributed by atoms with Crippen LogP contribution in [-0.4, -0.2) is 21.7 Å². The Balaban J connectivity index is 2.75. The van der Waals surface area contributed by atoms with Gasteiger partial charge in [-0.3, -0.25) is 5.43 Å². The van der Waals surface area contributed by atoms with Gasteiger partial charge in [-0.25, -0.2) is 9.80 Å². The van der Waals surface area contributed by atoms with Crippen molar-refractivity contribution in [1.29, 1.82) is 0 Å². The van der Waals surface area contributed by atoms with Crippen LogP contribution in [0, 0.1) is 0 Å². The van der Waals surface area contributed by atoms with E-state index in [9.17, 15) is 4.79 Å². The van der Waals surface area contributed by atoms with Crippen molar-refractivity contribution in [2.24, 2.45) is 0 Å². The Hall–Kier alpha value is -1.55. The molecule has 1 aromatic rings. The van der Waals surface area contributed by atoms with Gasteiger partial charge in [0.2, 0.25) is 0 Å². The smallest absolute Gasteiger partial charge is 0.419 e. The van der Waals surface area contributed by atoms with Crippen LogP contribution in [0.25, 0.3) is 0 Å². The number of benzene rings is 1. The van der Waals surface area contributed by atoms with E-state index >= 15 is 0 Å². The van der Waals surface area contributed by atoms with Gasteiger partial charge in [-0.15, -0.1) is 0 Å². The number of rotatable bonds is 3. The largest absolute Gasteiger partial charge is 0.464 e. The molecule has 4 nitrogen and oxygen atoms in total. The van der Waals surface area contributed by atoms with Crippen molar-refractivity contribution in [3.05, 3.63) is 35.9 Å². The van der Waals surface area contributed by atoms with Gasteiger partial charge in [-0.2, -0.15) is 0 Å². The monoisotopic (exact) mass is 222 g/mol. The third-order valence-corrected chi connectivity index (χ3v) is 2.22. The predicted octanol–water partition coefficient (Wildman–Crippen LogP) is 2.47. The standard InChI is InChI=1S/C12H18N2O2/c1-12(2,3)14(13-11(15)16)9-10-7-5-4-6-8-10/h4-8,13H,9H2,1-3H3,(H,15,16). The summed E-state index contributed by atoms with van der Waals surface area (Å²) in [5.74, 6) is 0. The molecule has 0 aromatic heterocycles. The maximum absolute atomic E-state index is 10.7. The molecule has 4 heteroatoms. The highest BCUT2D eigenvalue weighted by atomic mass is 16.4. The van der Waals surface area contributed by atoms with Crippen LogP contribution in [0.5, 0.6) is 0 Å². The van der Waals surface area contributed by atoms with Crippen molar-refractivity contribution in [1.82, 2.24) is 10.4 Å². The fourth-order valence-electron chi connectivity index (χ4n) is 1.33. The molecule has 1 amide bonds. The molecule has 0 spiro atoms. The van der Waals surface area contributed by atoms with Crippen LogP contribution in [0.1, 0.15) is 26.3 Å². The molecule has 0 fully saturated rings. The Morgan fingerprint density at radius 2 is 1.88 bits per heavy atom. The second-order valence-electron chi connectivity index (χ2n) is 4.66. The summed E-state index contributed by atoms with van der Waals surface area (Å²) in [6, 6.07) is 9.77. The SMILES string of the molecule is CC(C)(C)N(Cc1ccccc1)NC(=O)O. The summed E-state index contributed by atoms with van der Waals surface area (Å²) in [7, 11) is 0. The topological polar surface area (TPSA) is 52.6 Å². The third-order valence-electron chi connectivity index (χ3n) is 2.22. The maximum atomic E-state index is 10.7. The maximum Gasteiger partial charge on any atom is 0.419 e. The highest BCUT2D eigenvalue weighted by molar-refractivity contribution is 5.63. The van der Waals surface area contributed by atoms with Gasteiger partial charge in [-0.1, -0.05) is 30.3 Å². The Morgan fingerprint density at radius 1 is 1.31 bits per heavy atom. The number of nitrogens with one attached hydrogen (secondary N) is 1. The first-order valence-corrected chi connectivity index (χ1v) is 5.21. The molecule has 0 heterocycles. The second-order valence-corrected chi connectivity index (χ2v) is 4.66. The zero-order valence-corrected chi connectivity index (χ0v) is 9.90. The molecule has 0 radical (unpaired) electrons. The van der Waals surface area contributed by atoms with Crippen LogP contribution >= 0.6 is 0 Å². The molecule has 0 bridgehead atoms. The Bertz CT molecular complexity index is 344. The van der Waals surface area contributed by atoms with E-state index in [1.807, 2.05) is 51.1 Å². The lowest BCUT2D eigenvalue weighted by Gasteiger charge is -2.34. The van der Waals surface area contributed by atoms with Gasteiger partial charge in [0.15, 0.2) is 0 Å². The summed E-state index contributed by atoms with van der Waals surface area (Å²) in [5, 5.41) is 10.5. The number of amides is 1. The first-order valence-electron chi connectivity index (χ1n) is 5.21. The van der Waals surface area contributed by atoms with Crippen LogP contribution in [0.2, 0.25) is 0 Å². The average molecular weight is 222 g/mol. The number of nitrogens with zero attached hydrogens (tertiary/aromatic N) is 1. The number of hydrogen-bond donors (Lipinski definition) is 2. The van der Waals surface area contributed by atoms with Crippen LogP contribution in [0.4, 0.5) is 4.79 Å². The van der Waals surface area contributed by atoms with E-state index in [4.69, 9.17) is 5.11 Å². The molecule has 2 N–H and O–H groups in total. The average Bonchev–Trinajstić information content (AvgIpc) is 2.16. The minimum atomic E-state index is -1.04. The quantitative estimate of drug-likeness (QED) is 0.772. The Morgan fingerprint density at radius 3 is 2.31 bits per heavy atom. The van der Waals surface area contributed by atoms with E-state index in [0.29, 0.717) is 6.54 Å². The van der Waals surface area contributed by atoms with Crippen molar-refractivity contribution in [2.75, 3.05) is 0 Å². The van der Waals surface area contributed by atoms with Gasteiger partial charge in [0.1, 0.15) is 0 Å². The molecule has 0 saturated heterocycles. The molecule has 88 valence electrons. The molecule has 0 aliphatic carbocycles. The van der Waals surface area contributed by atoms with Gasteiger partial charge < -0.3 is 5.11 Å². The van der Waals surface area contributed by atoms with Crippen molar-refractivity contribution < 1.29 is 9.90 Å². The Labute approximate surface area is 95.9 Å². The fourth-order valence-corrected chi connectivity index (χ4v) is 1.33. The molecule has 0 saturated carbocycles. The first kappa shape index (κ1) is 12.5. The molecule has 0 atom stereocenters. The zero-order valence-electron chi connectivity index (χ0n) is 9.90. The van der Waals surface area contributed by atoms with Gasteiger partial charge in [0, 0.05) is 12.1 Å². The van der Waals surface area contributed by atoms with E-state index in [-0.39, 0.29) is 5.54 Å². The molecule has 16 heavy (non-hydrogen) atoms. The highest BCUT2D eigenvalue weighted by Crippen LogP contribution is 2.14. The van der Waals surface area contributed by atoms with Crippen LogP contribution < -0.4 is 5.43 Å². The Kier molecular flexibility index (Phi) is 3.90. The second kappa shape index (κ2) is 4.99. The summed E-state index contributed by atoms with van der Waals surface area (Å²) in [5.41, 5.74) is 3.24. The number of carboxylic acid groups (broad SMARTS) is 1. The normalized spacial score (nSPS) is 11.5. The van der Waals surface area contributed by atoms with Crippen LogP contribution in [0.15, 0.2) is 30.3 Å². The van der Waals surface area contributed by atoms with Gasteiger partial charge >= 0.3 is 6.09 Å². The summed E-state index contributed by atoms with van der Waals surface area (Å²) in [4.78, 5) is 10.7. The molecule has 0 aliphatic rings. The lowest BCUT2D eigenvalue weighted by molar-refractivity contribution is 0.0609. The first-order chi connectivity index (χ1) is 7.39. The minimum absolute atomic E-state index is 0.256. The molecular weight excluding hydrogens is 204 g/mol. The summed E-state index contributed by atoms with van der Waals surface area (Å²) in [6.45, 7) is 6.44. The van der Waals surface area contributed by atoms with Crippen molar-refractivity contribution in [2.45, 2.75) is 32.9 Å². The lowest BCUT2D eigenvalue weighted by Crippen LogP contribution is -2.51. The summed E-state index contributed by atoms with van der Waals surface area (Å²) in [6.07, 6.45) is -1.04. The number of hydrogen-bond acceptors (Lipinski definition) is 2. The van der Waals surface area contributed by atoms with Crippen LogP contribution in [0.3, 0.4) is 0 Å². The molecule has 1 rings (SSSR count). The highest BCUT2D eigenvalue weighted by Gasteiger charge is 2.22. The van der Waals surface area contributed by atoms with E-state index in [1.54, 1.807) is 5.01 Å². The van der Waals surface area contributed by atoms with E-state index in [0.717, 1.165) is 5.56 Å². The minimum Gasteiger partial charge on any atom is -0.464 e. The van der Waals surface area contributed by atoms with E-state index < -0.39 is 6.09 Å². The molecular formula is C12H18N2O2. The van der Waals surface area contributed by atoms with Gasteiger partial charge in [-0.05, 0) is 26.3 Å². The van der Waals surface area contributed by atoms with Gasteiger partial charge in [0.05, 0.1) is 0 Å². The fraction of sp³-hybridized carbons (Fsp3) is 0.417. The van der Waals surface area contributed by atoms with Crippen molar-refractivity contribution in [3.8, 4) is 0 Å². The van der Waals surface area contributed by atoms with Gasteiger partial charge in [0.25, 0.3) is 0 Å². The number of carbonyl (C=O) groups is 1. The van der Waals surface area contributed by atoms with Crippen LogP contribution in [-0.2, 0) is 6.54 Å². The summed E-state index contributed by atoms with van der Waals surface area (Å²) >= 11 is 0. The third kappa shape index (κ3) is 3.90. The predicted molar refractivity (Wildman–Crippen MR) is 62.9 cm³/mol. The summed E-state index contributed by atoms with van der Waals surface area (Å²) < 4.78 is 0.